The number of fused-ring (bicyclic) bond motifs is 15. The molecule has 254 valence electrons. The first-order chi connectivity index (χ1) is 27.2. The van der Waals surface area contributed by atoms with Crippen LogP contribution < -0.4 is 0 Å². The van der Waals surface area contributed by atoms with Gasteiger partial charge in [-0.2, -0.15) is 0 Å². The van der Waals surface area contributed by atoms with Crippen LogP contribution in [0.3, 0.4) is 0 Å². The second-order valence-electron chi connectivity index (χ2n) is 14.5. The van der Waals surface area contributed by atoms with E-state index in [1.54, 1.807) is 0 Å². The minimum Gasteiger partial charge on any atom is -0.289 e. The van der Waals surface area contributed by atoms with Crippen LogP contribution in [0.4, 0.5) is 0 Å². The van der Waals surface area contributed by atoms with Crippen molar-refractivity contribution in [2.75, 3.05) is 0 Å². The molecule has 2 aliphatic carbocycles. The molecule has 0 amide bonds. The van der Waals surface area contributed by atoms with Gasteiger partial charge in [-0.25, -0.2) is 9.97 Å². The maximum absolute atomic E-state index is 14.5. The number of aromatic nitrogens is 4. The Bertz CT molecular complexity index is 3310. The number of benzene rings is 6. The number of rotatable bonds is 2. The largest absolute Gasteiger partial charge is 0.289 e. The average molecular weight is 701 g/mol. The van der Waals surface area contributed by atoms with Gasteiger partial charge in [0.25, 0.3) is 0 Å². The first kappa shape index (κ1) is 30.1. The summed E-state index contributed by atoms with van der Waals surface area (Å²) in [6.45, 7) is 0. The Morgan fingerprint density at radius 3 is 1.40 bits per heavy atom. The van der Waals surface area contributed by atoms with E-state index in [4.69, 9.17) is 19.9 Å². The number of hydrogen-bond acceptors (Lipinski definition) is 5. The van der Waals surface area contributed by atoms with Gasteiger partial charge in [0, 0.05) is 56.2 Å². The lowest BCUT2D eigenvalue weighted by molar-refractivity contribution is 0.103. The van der Waals surface area contributed by atoms with E-state index in [0.29, 0.717) is 5.56 Å². The van der Waals surface area contributed by atoms with Crippen LogP contribution in [0.1, 0.15) is 38.2 Å². The molecule has 12 rings (SSSR count). The molecule has 1 spiro atoms. The molecule has 1 atom stereocenters. The second kappa shape index (κ2) is 11.1. The van der Waals surface area contributed by atoms with Crippen LogP contribution in [0.5, 0.6) is 0 Å². The molecule has 0 saturated heterocycles. The minimum absolute atomic E-state index is 0.0297. The molecule has 5 heteroatoms. The summed E-state index contributed by atoms with van der Waals surface area (Å²) >= 11 is 0. The van der Waals surface area contributed by atoms with Crippen molar-refractivity contribution in [2.45, 2.75) is 5.41 Å². The molecule has 0 bridgehead atoms. The summed E-state index contributed by atoms with van der Waals surface area (Å²) in [5.41, 5.74) is 14.3. The first-order valence-electron chi connectivity index (χ1n) is 18.5. The van der Waals surface area contributed by atoms with Gasteiger partial charge in [-0.15, -0.1) is 0 Å². The molecule has 0 aliphatic heterocycles. The fraction of sp³-hybridized carbons (Fsp3) is 0.0200. The number of nitrogens with zero attached hydrogens (tertiary/aromatic N) is 4. The van der Waals surface area contributed by atoms with E-state index in [0.717, 1.165) is 105 Å². The summed E-state index contributed by atoms with van der Waals surface area (Å²) in [5.74, 6) is 0.0297. The lowest BCUT2D eigenvalue weighted by Gasteiger charge is -2.39. The quantitative estimate of drug-likeness (QED) is 0.168. The smallest absolute Gasteiger partial charge is 0.193 e. The molecule has 55 heavy (non-hydrogen) atoms. The third-order valence-electron chi connectivity index (χ3n) is 11.7. The summed E-state index contributed by atoms with van der Waals surface area (Å²) in [6, 6.07) is 54.6. The highest BCUT2D eigenvalue weighted by Gasteiger charge is 2.51. The predicted octanol–water partition coefficient (Wildman–Crippen LogP) is 11.1. The average Bonchev–Trinajstić information content (AvgIpc) is 3.55. The number of carbonyl (C=O) groups is 1. The van der Waals surface area contributed by atoms with Crippen molar-refractivity contribution in [1.82, 2.24) is 19.9 Å². The molecule has 0 N–H and O–H groups in total. The fourth-order valence-electron chi connectivity index (χ4n) is 9.30. The summed E-state index contributed by atoms with van der Waals surface area (Å²) in [6.07, 6.45) is 3.64. The Balaban J connectivity index is 1.13. The molecule has 10 aromatic rings. The zero-order chi connectivity index (χ0) is 36.3. The van der Waals surface area contributed by atoms with E-state index in [2.05, 4.69) is 121 Å². The van der Waals surface area contributed by atoms with Crippen molar-refractivity contribution in [3.05, 3.63) is 203 Å². The zero-order valence-electron chi connectivity index (χ0n) is 29.4. The molecule has 0 saturated carbocycles. The van der Waals surface area contributed by atoms with Gasteiger partial charge in [-0.3, -0.25) is 14.8 Å². The predicted molar refractivity (Wildman–Crippen MR) is 219 cm³/mol. The third kappa shape index (κ3) is 4.09. The normalized spacial score (nSPS) is 15.4. The van der Waals surface area contributed by atoms with E-state index in [9.17, 15) is 4.79 Å². The van der Waals surface area contributed by atoms with E-state index in [1.807, 2.05) is 48.8 Å². The van der Waals surface area contributed by atoms with Gasteiger partial charge in [-0.1, -0.05) is 121 Å². The second-order valence-corrected chi connectivity index (χ2v) is 14.5. The van der Waals surface area contributed by atoms with Crippen LogP contribution in [0.25, 0.3) is 77.3 Å². The maximum atomic E-state index is 14.5. The monoisotopic (exact) mass is 700 g/mol. The van der Waals surface area contributed by atoms with Gasteiger partial charge in [0.2, 0.25) is 0 Å². The summed E-state index contributed by atoms with van der Waals surface area (Å²) in [7, 11) is 0. The Morgan fingerprint density at radius 1 is 0.364 bits per heavy atom. The summed E-state index contributed by atoms with van der Waals surface area (Å²) < 4.78 is 0. The van der Waals surface area contributed by atoms with Gasteiger partial charge in [0.1, 0.15) is 0 Å². The van der Waals surface area contributed by atoms with E-state index in [-0.39, 0.29) is 5.78 Å². The molecule has 6 aromatic carbocycles. The highest BCUT2D eigenvalue weighted by atomic mass is 16.1. The number of pyridine rings is 4. The van der Waals surface area contributed by atoms with Crippen LogP contribution >= 0.6 is 0 Å². The molecule has 5 nitrogen and oxygen atoms in total. The zero-order valence-corrected chi connectivity index (χ0v) is 29.4. The Hall–Kier alpha value is -7.37. The molecule has 0 fully saturated rings. The van der Waals surface area contributed by atoms with Crippen molar-refractivity contribution in [3.63, 3.8) is 0 Å². The van der Waals surface area contributed by atoms with Crippen molar-refractivity contribution in [3.8, 4) is 33.6 Å². The van der Waals surface area contributed by atoms with Gasteiger partial charge >= 0.3 is 0 Å². The van der Waals surface area contributed by atoms with Crippen LogP contribution in [-0.4, -0.2) is 25.7 Å². The Morgan fingerprint density at radius 2 is 0.800 bits per heavy atom. The number of carbonyl (C=O) groups excluding carboxylic acids is 1. The molecular weight excluding hydrogens is 673 g/mol. The van der Waals surface area contributed by atoms with Crippen molar-refractivity contribution in [1.29, 1.82) is 0 Å². The molecule has 2 aliphatic rings. The topological polar surface area (TPSA) is 68.6 Å². The highest BCUT2D eigenvalue weighted by Crippen LogP contribution is 2.60. The third-order valence-corrected chi connectivity index (χ3v) is 11.7. The molecule has 1 unspecified atom stereocenters. The van der Waals surface area contributed by atoms with Crippen molar-refractivity contribution < 1.29 is 4.79 Å². The van der Waals surface area contributed by atoms with Crippen molar-refractivity contribution in [2.24, 2.45) is 0 Å². The maximum Gasteiger partial charge on any atom is 0.193 e. The molecule has 4 heterocycles. The van der Waals surface area contributed by atoms with E-state index in [1.165, 1.54) is 0 Å². The van der Waals surface area contributed by atoms with Gasteiger partial charge < -0.3 is 0 Å². The van der Waals surface area contributed by atoms with Crippen LogP contribution in [-0.2, 0) is 5.41 Å². The highest BCUT2D eigenvalue weighted by molar-refractivity contribution is 6.15. The summed E-state index contributed by atoms with van der Waals surface area (Å²) in [5, 5.41) is 4.19. The number of ketones is 1. The molecular formula is C50H28N4O. The Kier molecular flexibility index (Phi) is 6.07. The summed E-state index contributed by atoms with van der Waals surface area (Å²) in [4.78, 5) is 34.4. The lowest BCUT2D eigenvalue weighted by Crippen LogP contribution is -2.36. The van der Waals surface area contributed by atoms with Crippen LogP contribution in [0, 0.1) is 0 Å². The van der Waals surface area contributed by atoms with E-state index >= 15 is 0 Å². The molecule has 0 radical (unpaired) electrons. The van der Waals surface area contributed by atoms with E-state index < -0.39 is 5.41 Å². The SMILES string of the molecule is O=C1c2ccccc2C2(c3cc(-c4ccc5ccc6cccnc6c5n4)ccc31)c1ccccc1-c1ccc(-c3ccc4ccc5cccnc5c4n3)cc12. The standard InChI is InChI=1S/C50H28N4O/c55-49-37-10-2-4-12-40(37)50(42-28-34(18-22-38(42)49)44-24-20-32-16-14-30-8-6-26-52-46(30)48(32)54-44)39-11-3-1-9-35(39)36-21-17-33(27-41(36)50)43-23-19-31-15-13-29-7-5-25-51-45(29)47(31)53-43/h1-28H. The molecule has 4 aromatic heterocycles. The Labute approximate surface area is 315 Å². The fourth-order valence-corrected chi connectivity index (χ4v) is 9.30. The van der Waals surface area contributed by atoms with Crippen molar-refractivity contribution >= 4 is 49.4 Å². The van der Waals surface area contributed by atoms with Gasteiger partial charge in [0.15, 0.2) is 5.78 Å². The minimum atomic E-state index is -0.770. The first-order valence-corrected chi connectivity index (χ1v) is 18.5. The number of hydrogen-bond donors (Lipinski definition) is 0. The van der Waals surface area contributed by atoms with Gasteiger partial charge in [-0.05, 0) is 69.8 Å². The van der Waals surface area contributed by atoms with Crippen LogP contribution in [0.15, 0.2) is 170 Å². The van der Waals surface area contributed by atoms with Crippen LogP contribution in [0.2, 0.25) is 0 Å². The van der Waals surface area contributed by atoms with Gasteiger partial charge in [0.05, 0.1) is 38.9 Å². The lowest BCUT2D eigenvalue weighted by atomic mass is 9.61.